The summed E-state index contributed by atoms with van der Waals surface area (Å²) in [6, 6.07) is 12.6. The van der Waals surface area contributed by atoms with Gasteiger partial charge in [0.15, 0.2) is 0 Å². The molecule has 2 aromatic carbocycles. The Morgan fingerprint density at radius 2 is 1.69 bits per heavy atom. The fraction of sp³-hybridized carbons (Fsp3) is 0.455. The van der Waals surface area contributed by atoms with Crippen LogP contribution in [0.3, 0.4) is 0 Å². The summed E-state index contributed by atoms with van der Waals surface area (Å²) in [7, 11) is 4.37. The van der Waals surface area contributed by atoms with E-state index in [1.165, 1.54) is 16.7 Å². The first-order chi connectivity index (χ1) is 13.7. The number of hydrogen-bond acceptors (Lipinski definition) is 5. The van der Waals surface area contributed by atoms with Crippen LogP contribution in [0, 0.1) is 6.92 Å². The van der Waals surface area contributed by atoms with E-state index in [0.29, 0.717) is 0 Å². The van der Waals surface area contributed by atoms with Crippen LogP contribution in [0.5, 0.6) is 0 Å². The van der Waals surface area contributed by atoms with Gasteiger partial charge in [-0.1, -0.05) is 42.0 Å². The van der Waals surface area contributed by atoms with Crippen molar-refractivity contribution >= 4 is 15.7 Å². The summed E-state index contributed by atoms with van der Waals surface area (Å²) in [5.41, 5.74) is 7.05. The molecule has 4 rings (SSSR count). The van der Waals surface area contributed by atoms with Gasteiger partial charge in [-0.25, -0.2) is 0 Å². The third kappa shape index (κ3) is 3.45. The van der Waals surface area contributed by atoms with Crippen molar-refractivity contribution in [2.45, 2.75) is 55.5 Å². The SMILES string of the molecule is BC(B)(c1ccc2c(c1)CC2)c1cc([C@@H]2O[C@H](CO)[C@@H](O)[C@H](O)[C@H]2O)ccc1C. The Labute approximate surface area is 173 Å². The van der Waals surface area contributed by atoms with Crippen molar-refractivity contribution in [2.75, 3.05) is 6.61 Å². The molecule has 0 radical (unpaired) electrons. The molecule has 0 bridgehead atoms. The zero-order valence-electron chi connectivity index (χ0n) is 17.2. The summed E-state index contributed by atoms with van der Waals surface area (Å²) >= 11 is 0. The highest BCUT2D eigenvalue weighted by molar-refractivity contribution is 6.42. The topological polar surface area (TPSA) is 90.2 Å². The first-order valence-electron chi connectivity index (χ1n) is 10.3. The van der Waals surface area contributed by atoms with E-state index in [0.717, 1.165) is 29.5 Å². The smallest absolute Gasteiger partial charge is 0.113 e. The normalized spacial score (nSPS) is 29.2. The molecule has 29 heavy (non-hydrogen) atoms. The maximum atomic E-state index is 10.5. The molecular weight excluding hydrogens is 366 g/mol. The second-order valence-electron chi connectivity index (χ2n) is 8.93. The fourth-order valence-corrected chi connectivity index (χ4v) is 4.61. The summed E-state index contributed by atoms with van der Waals surface area (Å²) in [6.07, 6.45) is -3.46. The highest BCUT2D eigenvalue weighted by Gasteiger charge is 2.44. The lowest BCUT2D eigenvalue weighted by Crippen LogP contribution is -2.55. The van der Waals surface area contributed by atoms with Gasteiger partial charge in [-0.05, 0) is 52.8 Å². The summed E-state index contributed by atoms with van der Waals surface area (Å²) in [5, 5.41) is 40.0. The summed E-state index contributed by atoms with van der Waals surface area (Å²) in [5.74, 6) is 0. The fourth-order valence-electron chi connectivity index (χ4n) is 4.61. The third-order valence-electron chi connectivity index (χ3n) is 6.75. The monoisotopic (exact) mass is 394 g/mol. The Kier molecular flexibility index (Phi) is 5.38. The van der Waals surface area contributed by atoms with Crippen molar-refractivity contribution in [2.24, 2.45) is 0 Å². The maximum Gasteiger partial charge on any atom is 0.113 e. The van der Waals surface area contributed by atoms with Gasteiger partial charge < -0.3 is 25.2 Å². The molecule has 5 atom stereocenters. The van der Waals surface area contributed by atoms with Crippen LogP contribution in [0.25, 0.3) is 0 Å². The second kappa shape index (κ2) is 7.56. The Hall–Kier alpha value is -1.63. The Morgan fingerprint density at radius 1 is 0.966 bits per heavy atom. The van der Waals surface area contributed by atoms with Crippen molar-refractivity contribution in [1.82, 2.24) is 0 Å². The Morgan fingerprint density at radius 3 is 2.31 bits per heavy atom. The maximum absolute atomic E-state index is 10.5. The first-order valence-corrected chi connectivity index (χ1v) is 10.3. The molecule has 1 saturated heterocycles. The van der Waals surface area contributed by atoms with Gasteiger partial charge >= 0.3 is 0 Å². The van der Waals surface area contributed by atoms with Crippen LogP contribution in [-0.2, 0) is 22.8 Å². The standard InChI is InChI=1S/C22H28B2O5/c1-11-2-3-14(21-20(28)19(27)18(26)17(10-25)29-21)9-16(11)22(23,24)15-7-6-12-4-5-13(12)8-15/h2-3,6-9,17-21,25-28H,4-5,10,23-24H2,1H3/t17-,18-,19+,20-,21+/m1/s1. The van der Waals surface area contributed by atoms with E-state index < -0.39 is 37.1 Å². The first kappa shape index (κ1) is 20.6. The minimum absolute atomic E-state index is 0.251. The van der Waals surface area contributed by atoms with E-state index in [4.69, 9.17) is 4.74 Å². The molecule has 2 aromatic rings. The predicted octanol–water partition coefficient (Wildman–Crippen LogP) is -0.924. The van der Waals surface area contributed by atoms with Crippen LogP contribution in [-0.4, -0.2) is 67.1 Å². The van der Waals surface area contributed by atoms with Gasteiger partial charge in [0.25, 0.3) is 0 Å². The lowest BCUT2D eigenvalue weighted by molar-refractivity contribution is -0.231. The minimum atomic E-state index is -1.38. The molecule has 5 nitrogen and oxygen atoms in total. The number of aryl methyl sites for hydroxylation is 3. The summed E-state index contributed by atoms with van der Waals surface area (Å²) in [4.78, 5) is 0. The third-order valence-corrected chi connectivity index (χ3v) is 6.75. The largest absolute Gasteiger partial charge is 0.394 e. The molecule has 0 unspecified atom stereocenters. The van der Waals surface area contributed by atoms with Gasteiger partial charge in [0.2, 0.25) is 0 Å². The van der Waals surface area contributed by atoms with E-state index in [1.807, 2.05) is 18.2 Å². The van der Waals surface area contributed by atoms with Gasteiger partial charge in [-0.2, -0.15) is 0 Å². The molecule has 2 aliphatic rings. The molecule has 4 N–H and O–H groups in total. The van der Waals surface area contributed by atoms with E-state index in [9.17, 15) is 20.4 Å². The number of benzene rings is 2. The molecule has 152 valence electrons. The molecule has 7 heteroatoms. The number of hydrogen-bond donors (Lipinski definition) is 4. The van der Waals surface area contributed by atoms with E-state index in [2.05, 4.69) is 40.8 Å². The highest BCUT2D eigenvalue weighted by atomic mass is 16.5. The van der Waals surface area contributed by atoms with Gasteiger partial charge in [-0.3, -0.25) is 0 Å². The molecular formula is C22H28B2O5. The van der Waals surface area contributed by atoms with E-state index in [-0.39, 0.29) is 5.21 Å². The quantitative estimate of drug-likeness (QED) is 0.504. The lowest BCUT2D eigenvalue weighted by atomic mass is 9.47. The Bertz CT molecular complexity index is 914. The zero-order chi connectivity index (χ0) is 20.9. The molecule has 1 aliphatic heterocycles. The van der Waals surface area contributed by atoms with Crippen LogP contribution in [0.2, 0.25) is 0 Å². The number of aliphatic hydroxyl groups is 4. The summed E-state index contributed by atoms with van der Waals surface area (Å²) in [6.45, 7) is 1.63. The van der Waals surface area contributed by atoms with Crippen LogP contribution in [0.15, 0.2) is 36.4 Å². The van der Waals surface area contributed by atoms with Crippen molar-refractivity contribution in [3.05, 3.63) is 69.8 Å². The van der Waals surface area contributed by atoms with Crippen LogP contribution in [0.1, 0.15) is 39.5 Å². The molecule has 0 saturated carbocycles. The molecule has 1 heterocycles. The van der Waals surface area contributed by atoms with Crippen LogP contribution in [0.4, 0.5) is 0 Å². The second-order valence-corrected chi connectivity index (χ2v) is 8.93. The molecule has 1 fully saturated rings. The van der Waals surface area contributed by atoms with Gasteiger partial charge in [0.1, 0.15) is 46.2 Å². The average molecular weight is 394 g/mol. The zero-order valence-corrected chi connectivity index (χ0v) is 17.2. The average Bonchev–Trinajstić information content (AvgIpc) is 2.68. The van der Waals surface area contributed by atoms with Gasteiger partial charge in [0, 0.05) is 0 Å². The number of ether oxygens (including phenoxy) is 1. The lowest BCUT2D eigenvalue weighted by Gasteiger charge is -2.40. The molecule has 0 spiro atoms. The predicted molar refractivity (Wildman–Crippen MR) is 116 cm³/mol. The highest BCUT2D eigenvalue weighted by Crippen LogP contribution is 2.37. The van der Waals surface area contributed by atoms with Gasteiger partial charge in [-0.15, -0.1) is 0 Å². The van der Waals surface area contributed by atoms with Crippen molar-refractivity contribution in [3.8, 4) is 0 Å². The minimum Gasteiger partial charge on any atom is -0.394 e. The van der Waals surface area contributed by atoms with Crippen molar-refractivity contribution in [3.63, 3.8) is 0 Å². The van der Waals surface area contributed by atoms with Crippen molar-refractivity contribution in [1.29, 1.82) is 0 Å². The molecule has 0 aromatic heterocycles. The number of rotatable bonds is 4. The number of aliphatic hydroxyl groups excluding tert-OH is 4. The Balaban J connectivity index is 1.71. The van der Waals surface area contributed by atoms with Crippen LogP contribution < -0.4 is 0 Å². The number of fused-ring (bicyclic) bond motifs is 1. The van der Waals surface area contributed by atoms with Gasteiger partial charge in [0.05, 0.1) is 6.61 Å². The van der Waals surface area contributed by atoms with Crippen LogP contribution >= 0.6 is 0 Å². The van der Waals surface area contributed by atoms with E-state index >= 15 is 0 Å². The molecule has 0 amide bonds. The van der Waals surface area contributed by atoms with E-state index in [1.54, 1.807) is 0 Å². The molecule has 1 aliphatic carbocycles. The van der Waals surface area contributed by atoms with Crippen molar-refractivity contribution < 1.29 is 25.2 Å². The summed E-state index contributed by atoms with van der Waals surface area (Å²) < 4.78 is 5.76.